The molecule has 0 radical (unpaired) electrons. The highest BCUT2D eigenvalue weighted by Gasteiger charge is 2.43. The van der Waals surface area contributed by atoms with Crippen LogP contribution in [-0.2, 0) is 11.3 Å². The first kappa shape index (κ1) is 16.8. The van der Waals surface area contributed by atoms with Crippen molar-refractivity contribution >= 4 is 11.8 Å². The minimum absolute atomic E-state index is 0.0216. The molecule has 1 saturated carbocycles. The van der Waals surface area contributed by atoms with Gasteiger partial charge in [0.25, 0.3) is 5.91 Å². The molecule has 2 aromatic rings. The quantitative estimate of drug-likeness (QED) is 0.837. The smallest absolute Gasteiger partial charge is 0.252 e. The number of carbonyl (C=O) groups excluding carboxylic acids is 2. The largest absolute Gasteiger partial charge is 0.355 e. The zero-order valence-electron chi connectivity index (χ0n) is 15.2. The van der Waals surface area contributed by atoms with Crippen molar-refractivity contribution in [2.24, 2.45) is 5.41 Å². The summed E-state index contributed by atoms with van der Waals surface area (Å²) in [5, 5.41) is 10.5. The second-order valence-electron chi connectivity index (χ2n) is 7.68. The Morgan fingerprint density at radius 2 is 2.12 bits per heavy atom. The Morgan fingerprint density at radius 1 is 1.35 bits per heavy atom. The number of aromatic nitrogens is 2. The maximum absolute atomic E-state index is 12.4. The number of nitrogens with one attached hydrogen (secondary N) is 2. The molecule has 6 nitrogen and oxygen atoms in total. The maximum Gasteiger partial charge on any atom is 0.252 e. The SMILES string of the molecule is Cc1cc(C)n(CC2(CNC(=O)C[C@@H]3NC(=O)c4ccccc43)CC2)n1. The van der Waals surface area contributed by atoms with E-state index in [4.69, 9.17) is 0 Å². The van der Waals surface area contributed by atoms with E-state index < -0.39 is 0 Å². The molecule has 26 heavy (non-hydrogen) atoms. The number of hydrogen-bond acceptors (Lipinski definition) is 3. The molecule has 0 unspecified atom stereocenters. The number of hydrogen-bond donors (Lipinski definition) is 2. The topological polar surface area (TPSA) is 76.0 Å². The number of rotatable bonds is 6. The summed E-state index contributed by atoms with van der Waals surface area (Å²) in [6, 6.07) is 9.31. The van der Waals surface area contributed by atoms with Gasteiger partial charge in [0.1, 0.15) is 0 Å². The highest BCUT2D eigenvalue weighted by Crippen LogP contribution is 2.46. The van der Waals surface area contributed by atoms with E-state index in [1.54, 1.807) is 6.07 Å². The number of carbonyl (C=O) groups is 2. The molecule has 1 aliphatic heterocycles. The molecule has 1 atom stereocenters. The van der Waals surface area contributed by atoms with Crippen molar-refractivity contribution in [3.63, 3.8) is 0 Å². The molecule has 1 aromatic heterocycles. The van der Waals surface area contributed by atoms with Crippen LogP contribution in [0.2, 0.25) is 0 Å². The predicted octanol–water partition coefficient (Wildman–Crippen LogP) is 2.27. The molecule has 2 heterocycles. The molecule has 0 saturated heterocycles. The first-order valence-corrected chi connectivity index (χ1v) is 9.13. The Kier molecular flexibility index (Phi) is 4.05. The van der Waals surface area contributed by atoms with Gasteiger partial charge in [0.05, 0.1) is 18.2 Å². The average molecular weight is 352 g/mol. The molecule has 0 spiro atoms. The van der Waals surface area contributed by atoms with Gasteiger partial charge in [0.15, 0.2) is 0 Å². The van der Waals surface area contributed by atoms with Crippen LogP contribution in [0.15, 0.2) is 30.3 Å². The van der Waals surface area contributed by atoms with Gasteiger partial charge in [-0.2, -0.15) is 5.10 Å². The van der Waals surface area contributed by atoms with Gasteiger partial charge in [-0.1, -0.05) is 18.2 Å². The van der Waals surface area contributed by atoms with E-state index in [2.05, 4.69) is 28.7 Å². The van der Waals surface area contributed by atoms with Gasteiger partial charge in [-0.25, -0.2) is 0 Å². The Balaban J connectivity index is 1.33. The minimum atomic E-state index is -0.232. The molecule has 136 valence electrons. The molecule has 4 rings (SSSR count). The molecule has 1 aliphatic carbocycles. The predicted molar refractivity (Wildman–Crippen MR) is 97.6 cm³/mol. The summed E-state index contributed by atoms with van der Waals surface area (Å²) in [5.41, 5.74) is 3.89. The Labute approximate surface area is 153 Å². The number of fused-ring (bicyclic) bond motifs is 1. The van der Waals surface area contributed by atoms with Crippen LogP contribution in [0, 0.1) is 19.3 Å². The van der Waals surface area contributed by atoms with Crippen molar-refractivity contribution in [3.8, 4) is 0 Å². The first-order chi connectivity index (χ1) is 12.5. The molecule has 2 aliphatic rings. The lowest BCUT2D eigenvalue weighted by Crippen LogP contribution is -2.34. The Morgan fingerprint density at radius 3 is 2.81 bits per heavy atom. The normalized spacial score (nSPS) is 19.8. The monoisotopic (exact) mass is 352 g/mol. The van der Waals surface area contributed by atoms with Gasteiger partial charge >= 0.3 is 0 Å². The van der Waals surface area contributed by atoms with Crippen LogP contribution in [0.25, 0.3) is 0 Å². The third-order valence-electron chi connectivity index (χ3n) is 5.48. The summed E-state index contributed by atoms with van der Waals surface area (Å²) in [7, 11) is 0. The third kappa shape index (κ3) is 3.23. The van der Waals surface area contributed by atoms with Crippen LogP contribution < -0.4 is 10.6 Å². The summed E-state index contributed by atoms with van der Waals surface area (Å²) >= 11 is 0. The molecule has 2 N–H and O–H groups in total. The number of aryl methyl sites for hydroxylation is 2. The van der Waals surface area contributed by atoms with E-state index in [-0.39, 0.29) is 29.7 Å². The van der Waals surface area contributed by atoms with Gasteiger partial charge in [-0.15, -0.1) is 0 Å². The van der Waals surface area contributed by atoms with Crippen molar-refractivity contribution in [2.45, 2.75) is 45.7 Å². The van der Waals surface area contributed by atoms with E-state index in [1.165, 1.54) is 0 Å². The van der Waals surface area contributed by atoms with Crippen LogP contribution in [0.1, 0.15) is 52.6 Å². The molecular weight excluding hydrogens is 328 g/mol. The lowest BCUT2D eigenvalue weighted by atomic mass is 10.0. The molecule has 6 heteroatoms. The summed E-state index contributed by atoms with van der Waals surface area (Å²) in [6.07, 6.45) is 2.49. The minimum Gasteiger partial charge on any atom is -0.355 e. The van der Waals surface area contributed by atoms with Crippen molar-refractivity contribution in [2.75, 3.05) is 6.54 Å². The fourth-order valence-electron chi connectivity index (χ4n) is 3.75. The van der Waals surface area contributed by atoms with Crippen molar-refractivity contribution < 1.29 is 9.59 Å². The highest BCUT2D eigenvalue weighted by molar-refractivity contribution is 5.99. The standard InChI is InChI=1S/C20H24N4O2/c1-13-9-14(2)24(23-13)12-20(7-8-20)11-21-18(25)10-17-15-5-3-4-6-16(15)19(26)22-17/h3-6,9,17H,7-8,10-12H2,1-2H3,(H,21,25)(H,22,26)/t17-/m0/s1. The van der Waals surface area contributed by atoms with Crippen LogP contribution in [0.4, 0.5) is 0 Å². The zero-order chi connectivity index (χ0) is 18.3. The van der Waals surface area contributed by atoms with Crippen LogP contribution in [0.3, 0.4) is 0 Å². The first-order valence-electron chi connectivity index (χ1n) is 9.13. The number of benzene rings is 1. The van der Waals surface area contributed by atoms with Gasteiger partial charge < -0.3 is 10.6 Å². The number of nitrogens with zero attached hydrogens (tertiary/aromatic N) is 2. The second-order valence-corrected chi connectivity index (χ2v) is 7.68. The fraction of sp³-hybridized carbons (Fsp3) is 0.450. The Bertz CT molecular complexity index is 866. The average Bonchev–Trinajstić information content (AvgIpc) is 3.21. The van der Waals surface area contributed by atoms with Gasteiger partial charge in [0, 0.05) is 29.8 Å². The third-order valence-corrected chi connectivity index (χ3v) is 5.48. The van der Waals surface area contributed by atoms with E-state index >= 15 is 0 Å². The van der Waals surface area contributed by atoms with Gasteiger partial charge in [-0.3, -0.25) is 14.3 Å². The number of amides is 2. The van der Waals surface area contributed by atoms with Gasteiger partial charge in [0.2, 0.25) is 5.91 Å². The van der Waals surface area contributed by atoms with E-state index in [1.807, 2.05) is 29.8 Å². The molecule has 0 bridgehead atoms. The summed E-state index contributed by atoms with van der Waals surface area (Å²) in [6.45, 7) is 5.57. The van der Waals surface area contributed by atoms with Crippen molar-refractivity contribution in [1.82, 2.24) is 20.4 Å². The summed E-state index contributed by atoms with van der Waals surface area (Å²) in [5.74, 6) is -0.117. The van der Waals surface area contributed by atoms with Crippen LogP contribution in [0.5, 0.6) is 0 Å². The fourth-order valence-corrected chi connectivity index (χ4v) is 3.75. The molecule has 1 aromatic carbocycles. The molecular formula is C20H24N4O2. The van der Waals surface area contributed by atoms with Crippen molar-refractivity contribution in [1.29, 1.82) is 0 Å². The maximum atomic E-state index is 12.4. The zero-order valence-corrected chi connectivity index (χ0v) is 15.2. The lowest BCUT2D eigenvalue weighted by Gasteiger charge is -2.18. The summed E-state index contributed by atoms with van der Waals surface area (Å²) < 4.78 is 2.04. The molecule has 2 amide bonds. The lowest BCUT2D eigenvalue weighted by molar-refractivity contribution is -0.121. The van der Waals surface area contributed by atoms with E-state index in [0.717, 1.165) is 36.3 Å². The van der Waals surface area contributed by atoms with Crippen molar-refractivity contribution in [3.05, 3.63) is 52.8 Å². The van der Waals surface area contributed by atoms with Crippen LogP contribution >= 0.6 is 0 Å². The highest BCUT2D eigenvalue weighted by atomic mass is 16.2. The molecule has 1 fully saturated rings. The van der Waals surface area contributed by atoms with Crippen LogP contribution in [-0.4, -0.2) is 28.1 Å². The van der Waals surface area contributed by atoms with Gasteiger partial charge in [-0.05, 0) is 44.4 Å². The van der Waals surface area contributed by atoms with E-state index in [9.17, 15) is 9.59 Å². The Hall–Kier alpha value is -2.63. The van der Waals surface area contributed by atoms with E-state index in [0.29, 0.717) is 12.1 Å². The second kappa shape index (κ2) is 6.27. The summed E-state index contributed by atoms with van der Waals surface area (Å²) in [4.78, 5) is 24.4.